The summed E-state index contributed by atoms with van der Waals surface area (Å²) in [5.41, 5.74) is 1.37. The molecule has 23 heavy (non-hydrogen) atoms. The van der Waals surface area contributed by atoms with Gasteiger partial charge in [-0.1, -0.05) is 32.9 Å². The van der Waals surface area contributed by atoms with Gasteiger partial charge in [0.15, 0.2) is 0 Å². The fourth-order valence-corrected chi connectivity index (χ4v) is 2.61. The van der Waals surface area contributed by atoms with Crippen LogP contribution < -0.4 is 15.5 Å². The SMILES string of the molecule is CC(C)(C)C(=O)NCC(=O)Nc1ccccc1N1CCCCC1. The van der Waals surface area contributed by atoms with Gasteiger partial charge in [-0.3, -0.25) is 9.59 Å². The lowest BCUT2D eigenvalue weighted by molar-refractivity contribution is -0.130. The molecule has 2 N–H and O–H groups in total. The Morgan fingerprint density at radius 3 is 2.39 bits per heavy atom. The monoisotopic (exact) mass is 317 g/mol. The Bertz CT molecular complexity index is 558. The molecule has 0 aliphatic carbocycles. The third-order valence-corrected chi connectivity index (χ3v) is 3.97. The maximum Gasteiger partial charge on any atom is 0.243 e. The van der Waals surface area contributed by atoms with Crippen molar-refractivity contribution in [2.75, 3.05) is 29.9 Å². The van der Waals surface area contributed by atoms with Gasteiger partial charge in [0.25, 0.3) is 0 Å². The van der Waals surface area contributed by atoms with E-state index in [-0.39, 0.29) is 18.4 Å². The summed E-state index contributed by atoms with van der Waals surface area (Å²) < 4.78 is 0. The van der Waals surface area contributed by atoms with Crippen molar-refractivity contribution in [3.63, 3.8) is 0 Å². The molecule has 1 heterocycles. The van der Waals surface area contributed by atoms with Crippen LogP contribution in [0, 0.1) is 5.41 Å². The van der Waals surface area contributed by atoms with Gasteiger partial charge in [-0.25, -0.2) is 0 Å². The lowest BCUT2D eigenvalue weighted by atomic mass is 9.96. The summed E-state index contributed by atoms with van der Waals surface area (Å²) in [5.74, 6) is -0.330. The predicted molar refractivity (Wildman–Crippen MR) is 93.6 cm³/mol. The lowest BCUT2D eigenvalue weighted by Gasteiger charge is -2.30. The first-order valence-electron chi connectivity index (χ1n) is 8.30. The highest BCUT2D eigenvalue weighted by molar-refractivity contribution is 5.97. The summed E-state index contributed by atoms with van der Waals surface area (Å²) in [6.07, 6.45) is 3.64. The minimum atomic E-state index is -0.494. The van der Waals surface area contributed by atoms with Crippen LogP contribution in [0.5, 0.6) is 0 Å². The molecule has 126 valence electrons. The Kier molecular flexibility index (Phi) is 5.64. The second-order valence-corrected chi connectivity index (χ2v) is 7.05. The molecule has 0 radical (unpaired) electrons. The van der Waals surface area contributed by atoms with Crippen molar-refractivity contribution in [3.05, 3.63) is 24.3 Å². The molecule has 5 nitrogen and oxygen atoms in total. The Morgan fingerprint density at radius 1 is 1.09 bits per heavy atom. The third kappa shape index (κ3) is 4.98. The molecule has 2 amide bonds. The van der Waals surface area contributed by atoms with Crippen molar-refractivity contribution in [3.8, 4) is 0 Å². The lowest BCUT2D eigenvalue weighted by Crippen LogP contribution is -2.39. The van der Waals surface area contributed by atoms with Crippen LogP contribution in [0.2, 0.25) is 0 Å². The second kappa shape index (κ2) is 7.49. The van der Waals surface area contributed by atoms with Crippen molar-refractivity contribution >= 4 is 23.2 Å². The van der Waals surface area contributed by atoms with E-state index in [0.29, 0.717) is 0 Å². The molecule has 0 saturated carbocycles. The number of piperidine rings is 1. The van der Waals surface area contributed by atoms with Gasteiger partial charge in [-0.15, -0.1) is 0 Å². The molecule has 0 bridgehead atoms. The Morgan fingerprint density at radius 2 is 1.74 bits per heavy atom. The minimum absolute atomic E-state index is 0.00949. The van der Waals surface area contributed by atoms with Crippen LogP contribution >= 0.6 is 0 Å². The molecule has 1 aromatic carbocycles. The van der Waals surface area contributed by atoms with Crippen molar-refractivity contribution in [1.82, 2.24) is 5.32 Å². The number of para-hydroxylation sites is 2. The number of hydrogen-bond donors (Lipinski definition) is 2. The van der Waals surface area contributed by atoms with Crippen LogP contribution in [0.1, 0.15) is 40.0 Å². The summed E-state index contributed by atoms with van der Waals surface area (Å²) in [6.45, 7) is 7.51. The number of amides is 2. The average molecular weight is 317 g/mol. The van der Waals surface area contributed by atoms with E-state index < -0.39 is 5.41 Å². The average Bonchev–Trinajstić information content (AvgIpc) is 2.53. The largest absolute Gasteiger partial charge is 0.370 e. The Balaban J connectivity index is 1.97. The summed E-state index contributed by atoms with van der Waals surface area (Å²) in [5, 5.41) is 5.60. The third-order valence-electron chi connectivity index (χ3n) is 3.97. The van der Waals surface area contributed by atoms with Gasteiger partial charge in [0.1, 0.15) is 0 Å². The number of nitrogens with zero attached hydrogens (tertiary/aromatic N) is 1. The van der Waals surface area contributed by atoms with Crippen LogP contribution in [0.25, 0.3) is 0 Å². The van der Waals surface area contributed by atoms with Crippen LogP contribution in [0.15, 0.2) is 24.3 Å². The molecule has 0 unspecified atom stereocenters. The highest BCUT2D eigenvalue weighted by Crippen LogP contribution is 2.28. The van der Waals surface area contributed by atoms with Gasteiger partial charge in [0.2, 0.25) is 11.8 Å². The van der Waals surface area contributed by atoms with Crippen molar-refractivity contribution in [1.29, 1.82) is 0 Å². The molecule has 0 spiro atoms. The number of anilines is 2. The van der Waals surface area contributed by atoms with Gasteiger partial charge in [0, 0.05) is 18.5 Å². The summed E-state index contributed by atoms with van der Waals surface area (Å²) in [4.78, 5) is 26.3. The van der Waals surface area contributed by atoms with Crippen LogP contribution in [0.4, 0.5) is 11.4 Å². The van der Waals surface area contributed by atoms with Crippen molar-refractivity contribution < 1.29 is 9.59 Å². The number of hydrogen-bond acceptors (Lipinski definition) is 3. The zero-order chi connectivity index (χ0) is 16.9. The number of rotatable bonds is 4. The summed E-state index contributed by atoms with van der Waals surface area (Å²) >= 11 is 0. The number of carbonyl (C=O) groups is 2. The molecular weight excluding hydrogens is 290 g/mol. The zero-order valence-electron chi connectivity index (χ0n) is 14.3. The number of carbonyl (C=O) groups excluding carboxylic acids is 2. The summed E-state index contributed by atoms with van der Waals surface area (Å²) in [7, 11) is 0. The predicted octanol–water partition coefficient (Wildman–Crippen LogP) is 2.78. The molecule has 1 aliphatic heterocycles. The van der Waals surface area contributed by atoms with Gasteiger partial charge in [-0.2, -0.15) is 0 Å². The number of benzene rings is 1. The van der Waals surface area contributed by atoms with E-state index in [1.165, 1.54) is 19.3 Å². The molecule has 5 heteroatoms. The van der Waals surface area contributed by atoms with E-state index in [1.807, 2.05) is 45.0 Å². The van der Waals surface area contributed by atoms with E-state index in [0.717, 1.165) is 24.5 Å². The molecule has 1 aliphatic rings. The Hall–Kier alpha value is -2.04. The van der Waals surface area contributed by atoms with Crippen LogP contribution in [-0.2, 0) is 9.59 Å². The quantitative estimate of drug-likeness (QED) is 0.897. The first-order chi connectivity index (χ1) is 10.9. The molecule has 1 fully saturated rings. The zero-order valence-corrected chi connectivity index (χ0v) is 14.3. The molecule has 0 aromatic heterocycles. The fraction of sp³-hybridized carbons (Fsp3) is 0.556. The van der Waals surface area contributed by atoms with Crippen molar-refractivity contribution in [2.45, 2.75) is 40.0 Å². The van der Waals surface area contributed by atoms with E-state index in [2.05, 4.69) is 15.5 Å². The standard InChI is InChI=1S/C18H27N3O2/c1-18(2,3)17(23)19-13-16(22)20-14-9-5-6-10-15(14)21-11-7-4-8-12-21/h5-6,9-10H,4,7-8,11-13H2,1-3H3,(H,19,23)(H,20,22). The first-order valence-corrected chi connectivity index (χ1v) is 8.30. The number of nitrogens with one attached hydrogen (secondary N) is 2. The summed E-state index contributed by atoms with van der Waals surface area (Å²) in [6, 6.07) is 7.85. The minimum Gasteiger partial charge on any atom is -0.370 e. The van der Waals surface area contributed by atoms with Crippen LogP contribution in [-0.4, -0.2) is 31.4 Å². The van der Waals surface area contributed by atoms with Gasteiger partial charge < -0.3 is 15.5 Å². The topological polar surface area (TPSA) is 61.4 Å². The fourth-order valence-electron chi connectivity index (χ4n) is 2.61. The highest BCUT2D eigenvalue weighted by atomic mass is 16.2. The van der Waals surface area contributed by atoms with E-state index >= 15 is 0 Å². The molecule has 0 atom stereocenters. The molecule has 1 saturated heterocycles. The Labute approximate surface area is 138 Å². The molecule has 1 aromatic rings. The van der Waals surface area contributed by atoms with E-state index in [4.69, 9.17) is 0 Å². The molecule has 2 rings (SSSR count). The van der Waals surface area contributed by atoms with Gasteiger partial charge in [0.05, 0.1) is 17.9 Å². The highest BCUT2D eigenvalue weighted by Gasteiger charge is 2.21. The molecular formula is C18H27N3O2. The van der Waals surface area contributed by atoms with E-state index in [1.54, 1.807) is 0 Å². The first kappa shape index (κ1) is 17.3. The van der Waals surface area contributed by atoms with Gasteiger partial charge >= 0.3 is 0 Å². The maximum atomic E-state index is 12.1. The van der Waals surface area contributed by atoms with Gasteiger partial charge in [-0.05, 0) is 31.4 Å². The smallest absolute Gasteiger partial charge is 0.243 e. The second-order valence-electron chi connectivity index (χ2n) is 7.05. The maximum absolute atomic E-state index is 12.1. The van der Waals surface area contributed by atoms with Crippen LogP contribution in [0.3, 0.4) is 0 Å². The normalized spacial score (nSPS) is 15.2. The van der Waals surface area contributed by atoms with Crippen molar-refractivity contribution in [2.24, 2.45) is 5.41 Å². The van der Waals surface area contributed by atoms with E-state index in [9.17, 15) is 9.59 Å².